The molecular weight excluding hydrogens is 302 g/mol. The van der Waals surface area contributed by atoms with E-state index in [0.29, 0.717) is 17.5 Å². The maximum atomic E-state index is 12.6. The molecular formula is C19H23N3O2. The van der Waals surface area contributed by atoms with Crippen LogP contribution in [0.4, 0.5) is 0 Å². The van der Waals surface area contributed by atoms with Crippen LogP contribution >= 0.6 is 0 Å². The summed E-state index contributed by atoms with van der Waals surface area (Å²) in [6, 6.07) is 11.2. The van der Waals surface area contributed by atoms with Gasteiger partial charge in [-0.2, -0.15) is 5.26 Å². The fraction of sp³-hybridized carbons (Fsp3) is 0.368. The van der Waals surface area contributed by atoms with Crippen LogP contribution in [0.5, 0.6) is 0 Å². The highest BCUT2D eigenvalue weighted by atomic mass is 16.3. The van der Waals surface area contributed by atoms with Crippen molar-refractivity contribution in [3.63, 3.8) is 0 Å². The number of aryl methyl sites for hydroxylation is 1. The summed E-state index contributed by atoms with van der Waals surface area (Å²) in [5.74, 6) is -0.122. The second-order valence-electron chi connectivity index (χ2n) is 5.87. The lowest BCUT2D eigenvalue weighted by Gasteiger charge is -2.16. The summed E-state index contributed by atoms with van der Waals surface area (Å²) < 4.78 is 2.00. The van der Waals surface area contributed by atoms with E-state index in [9.17, 15) is 4.79 Å². The van der Waals surface area contributed by atoms with Crippen LogP contribution in [0, 0.1) is 25.2 Å². The van der Waals surface area contributed by atoms with E-state index >= 15 is 0 Å². The van der Waals surface area contributed by atoms with Crippen LogP contribution in [0.25, 0.3) is 5.69 Å². The minimum atomic E-state index is -0.122. The Morgan fingerprint density at radius 1 is 1.33 bits per heavy atom. The highest BCUT2D eigenvalue weighted by Gasteiger charge is 2.18. The minimum absolute atomic E-state index is 0.0273. The molecule has 0 saturated heterocycles. The number of nitrogens with one attached hydrogen (secondary N) is 1. The average molecular weight is 325 g/mol. The molecule has 1 unspecified atom stereocenters. The highest BCUT2D eigenvalue weighted by Crippen LogP contribution is 2.21. The number of carbonyl (C=O) groups is 1. The molecule has 5 heteroatoms. The topological polar surface area (TPSA) is 78.0 Å². The van der Waals surface area contributed by atoms with Crippen molar-refractivity contribution in [3.05, 3.63) is 52.8 Å². The van der Waals surface area contributed by atoms with Crippen molar-refractivity contribution in [3.8, 4) is 11.8 Å². The molecule has 0 aliphatic heterocycles. The molecule has 5 nitrogen and oxygen atoms in total. The third-order valence-electron chi connectivity index (χ3n) is 4.24. The Morgan fingerprint density at radius 3 is 2.54 bits per heavy atom. The molecule has 0 radical (unpaired) electrons. The summed E-state index contributed by atoms with van der Waals surface area (Å²) in [7, 11) is 0. The molecule has 24 heavy (non-hydrogen) atoms. The van der Waals surface area contributed by atoms with Gasteiger partial charge in [0.15, 0.2) is 0 Å². The molecule has 1 aromatic heterocycles. The number of amides is 1. The second kappa shape index (κ2) is 7.80. The lowest BCUT2D eigenvalue weighted by atomic mass is 10.1. The Bertz CT molecular complexity index is 754. The minimum Gasteiger partial charge on any atom is -0.396 e. The quantitative estimate of drug-likeness (QED) is 0.857. The fourth-order valence-corrected chi connectivity index (χ4v) is 2.87. The highest BCUT2D eigenvalue weighted by molar-refractivity contribution is 5.96. The van der Waals surface area contributed by atoms with E-state index in [2.05, 4.69) is 11.4 Å². The number of aliphatic hydroxyl groups excluding tert-OH is 1. The fourth-order valence-electron chi connectivity index (χ4n) is 2.87. The van der Waals surface area contributed by atoms with Gasteiger partial charge in [-0.25, -0.2) is 0 Å². The van der Waals surface area contributed by atoms with Crippen molar-refractivity contribution in [1.82, 2.24) is 9.88 Å². The summed E-state index contributed by atoms with van der Waals surface area (Å²) in [6.45, 7) is 5.91. The molecule has 0 bridgehead atoms. The third kappa shape index (κ3) is 3.66. The van der Waals surface area contributed by atoms with Gasteiger partial charge in [-0.1, -0.05) is 6.92 Å². The van der Waals surface area contributed by atoms with Gasteiger partial charge in [0.2, 0.25) is 0 Å². The number of benzene rings is 1. The number of aromatic nitrogens is 1. The molecule has 1 amide bonds. The van der Waals surface area contributed by atoms with E-state index in [1.54, 1.807) is 12.1 Å². The number of rotatable bonds is 6. The molecule has 2 aromatic rings. The van der Waals surface area contributed by atoms with Gasteiger partial charge >= 0.3 is 0 Å². The third-order valence-corrected chi connectivity index (χ3v) is 4.24. The Labute approximate surface area is 142 Å². The predicted octanol–water partition coefficient (Wildman–Crippen LogP) is 2.86. The maximum absolute atomic E-state index is 12.6. The normalized spacial score (nSPS) is 11.8. The number of aliphatic hydroxyl groups is 1. The number of hydrogen-bond acceptors (Lipinski definition) is 3. The molecule has 0 spiro atoms. The van der Waals surface area contributed by atoms with Crippen molar-refractivity contribution >= 4 is 5.91 Å². The van der Waals surface area contributed by atoms with Crippen LogP contribution in [0.15, 0.2) is 30.3 Å². The maximum Gasteiger partial charge on any atom is 0.253 e. The Hall–Kier alpha value is -2.58. The smallest absolute Gasteiger partial charge is 0.253 e. The number of nitrogens with zero attached hydrogens (tertiary/aromatic N) is 2. The molecule has 0 fully saturated rings. The molecule has 1 heterocycles. The predicted molar refractivity (Wildman–Crippen MR) is 93.2 cm³/mol. The SMILES string of the molecule is CCC(CCO)NC(=O)c1cc(C)n(-c2ccc(C#N)cc2)c1C. The molecule has 0 aliphatic carbocycles. The van der Waals surface area contributed by atoms with Gasteiger partial charge in [0.25, 0.3) is 5.91 Å². The van der Waals surface area contributed by atoms with E-state index in [1.165, 1.54) is 0 Å². The standard InChI is InChI=1S/C19H23N3O2/c1-4-16(9-10-23)21-19(24)18-11-13(2)22(14(18)3)17-7-5-15(12-20)6-8-17/h5-8,11,16,23H,4,9-10H2,1-3H3,(H,21,24). The van der Waals surface area contributed by atoms with Crippen molar-refractivity contribution in [1.29, 1.82) is 5.26 Å². The van der Waals surface area contributed by atoms with Gasteiger partial charge in [-0.05, 0) is 57.0 Å². The monoisotopic (exact) mass is 325 g/mol. The summed E-state index contributed by atoms with van der Waals surface area (Å²) in [5, 5.41) is 21.0. The largest absolute Gasteiger partial charge is 0.396 e. The first-order valence-electron chi connectivity index (χ1n) is 8.13. The van der Waals surface area contributed by atoms with E-state index in [-0.39, 0.29) is 18.6 Å². The van der Waals surface area contributed by atoms with E-state index in [0.717, 1.165) is 23.5 Å². The van der Waals surface area contributed by atoms with Crippen molar-refractivity contribution < 1.29 is 9.90 Å². The van der Waals surface area contributed by atoms with Crippen LogP contribution in [0.3, 0.4) is 0 Å². The van der Waals surface area contributed by atoms with Gasteiger partial charge in [-0.15, -0.1) is 0 Å². The Morgan fingerprint density at radius 2 is 2.00 bits per heavy atom. The summed E-state index contributed by atoms with van der Waals surface area (Å²) >= 11 is 0. The second-order valence-corrected chi connectivity index (χ2v) is 5.87. The molecule has 126 valence electrons. The van der Waals surface area contributed by atoms with Crippen LogP contribution in [-0.2, 0) is 0 Å². The van der Waals surface area contributed by atoms with Crippen LogP contribution in [-0.4, -0.2) is 28.2 Å². The van der Waals surface area contributed by atoms with Gasteiger partial charge in [-0.3, -0.25) is 4.79 Å². The van der Waals surface area contributed by atoms with Crippen LogP contribution in [0.1, 0.15) is 47.1 Å². The van der Waals surface area contributed by atoms with Crippen molar-refractivity contribution in [2.45, 2.75) is 39.7 Å². The van der Waals surface area contributed by atoms with E-state index in [4.69, 9.17) is 10.4 Å². The molecule has 0 aliphatic rings. The van der Waals surface area contributed by atoms with E-state index < -0.39 is 0 Å². The first-order chi connectivity index (χ1) is 11.5. The zero-order valence-corrected chi connectivity index (χ0v) is 14.3. The zero-order chi connectivity index (χ0) is 17.7. The lowest BCUT2D eigenvalue weighted by Crippen LogP contribution is -2.35. The molecule has 1 atom stereocenters. The van der Waals surface area contributed by atoms with Gasteiger partial charge in [0.1, 0.15) is 0 Å². The summed E-state index contributed by atoms with van der Waals surface area (Å²) in [4.78, 5) is 12.6. The zero-order valence-electron chi connectivity index (χ0n) is 14.3. The first-order valence-corrected chi connectivity index (χ1v) is 8.13. The van der Waals surface area contributed by atoms with Gasteiger partial charge in [0.05, 0.1) is 17.2 Å². The molecule has 0 saturated carbocycles. The van der Waals surface area contributed by atoms with Gasteiger partial charge in [0, 0.05) is 29.7 Å². The Kier molecular flexibility index (Phi) is 5.78. The number of nitriles is 1. The van der Waals surface area contributed by atoms with Gasteiger partial charge < -0.3 is 15.0 Å². The number of hydrogen-bond donors (Lipinski definition) is 2. The van der Waals surface area contributed by atoms with Crippen LogP contribution in [0.2, 0.25) is 0 Å². The molecule has 2 rings (SSSR count). The summed E-state index contributed by atoms with van der Waals surface area (Å²) in [6.07, 6.45) is 1.33. The number of carbonyl (C=O) groups excluding carboxylic acids is 1. The van der Waals surface area contributed by atoms with Crippen LogP contribution < -0.4 is 5.32 Å². The average Bonchev–Trinajstić information content (AvgIpc) is 2.89. The van der Waals surface area contributed by atoms with E-state index in [1.807, 2.05) is 43.5 Å². The van der Waals surface area contributed by atoms with Crippen molar-refractivity contribution in [2.24, 2.45) is 0 Å². The molecule has 2 N–H and O–H groups in total. The van der Waals surface area contributed by atoms with Crippen molar-refractivity contribution in [2.75, 3.05) is 6.61 Å². The molecule has 1 aromatic carbocycles. The first kappa shape index (κ1) is 17.8. The lowest BCUT2D eigenvalue weighted by molar-refractivity contribution is 0.0928. The Balaban J connectivity index is 2.31. The summed E-state index contributed by atoms with van der Waals surface area (Å²) in [5.41, 5.74) is 3.97.